The minimum atomic E-state index is -0.295. The van der Waals surface area contributed by atoms with Crippen molar-refractivity contribution in [3.05, 3.63) is 41.3 Å². The van der Waals surface area contributed by atoms with Crippen LogP contribution in [0.15, 0.2) is 24.3 Å². The highest BCUT2D eigenvalue weighted by Crippen LogP contribution is 2.31. The smallest absolute Gasteiger partial charge is 0.232 e. The highest BCUT2D eigenvalue weighted by Gasteiger charge is 2.31. The van der Waals surface area contributed by atoms with Crippen LogP contribution >= 0.6 is 0 Å². The first-order valence-electron chi connectivity index (χ1n) is 9.36. The van der Waals surface area contributed by atoms with Crippen LogP contribution in [0.25, 0.3) is 11.4 Å². The van der Waals surface area contributed by atoms with E-state index in [0.29, 0.717) is 24.6 Å². The molecule has 2 aliphatic rings. The number of halogens is 1. The Hall–Kier alpha value is -2.38. The monoisotopic (exact) mass is 370 g/mol. The zero-order valence-electron chi connectivity index (χ0n) is 15.4. The van der Waals surface area contributed by atoms with Crippen molar-refractivity contribution >= 4 is 11.7 Å². The van der Waals surface area contributed by atoms with Crippen LogP contribution < -0.4 is 4.90 Å². The number of rotatable bonds is 5. The van der Waals surface area contributed by atoms with Gasteiger partial charge in [-0.25, -0.2) is 14.4 Å². The Labute approximate surface area is 158 Å². The summed E-state index contributed by atoms with van der Waals surface area (Å²) >= 11 is 0. The van der Waals surface area contributed by atoms with Gasteiger partial charge in [-0.15, -0.1) is 0 Å². The molecule has 1 saturated heterocycles. The van der Waals surface area contributed by atoms with E-state index >= 15 is 0 Å². The van der Waals surface area contributed by atoms with Gasteiger partial charge in [0.25, 0.3) is 0 Å². The van der Waals surface area contributed by atoms with Gasteiger partial charge < -0.3 is 4.74 Å². The molecule has 0 aliphatic carbocycles. The fourth-order valence-corrected chi connectivity index (χ4v) is 3.61. The van der Waals surface area contributed by atoms with Gasteiger partial charge in [0.15, 0.2) is 5.82 Å². The third kappa shape index (κ3) is 3.84. The topological polar surface area (TPSA) is 58.6 Å². The highest BCUT2D eigenvalue weighted by atomic mass is 19.1. The SMILES string of the molecule is Cc1nc(-c2ccc(F)cc2)nc2c1CC(=O)N2CCCN1CCOCC1. The molecule has 6 nitrogen and oxygen atoms in total. The van der Waals surface area contributed by atoms with Crippen molar-refractivity contribution in [1.29, 1.82) is 0 Å². The Balaban J connectivity index is 1.52. The molecule has 2 aliphatic heterocycles. The van der Waals surface area contributed by atoms with Gasteiger partial charge in [0.05, 0.1) is 19.6 Å². The van der Waals surface area contributed by atoms with Gasteiger partial charge in [-0.2, -0.15) is 0 Å². The molecule has 0 saturated carbocycles. The van der Waals surface area contributed by atoms with E-state index in [2.05, 4.69) is 14.9 Å². The largest absolute Gasteiger partial charge is 0.379 e. The first kappa shape index (κ1) is 18.0. The zero-order valence-corrected chi connectivity index (χ0v) is 15.4. The molecule has 0 bridgehead atoms. The number of ether oxygens (including phenoxy) is 1. The molecule has 1 aromatic heterocycles. The number of carbonyl (C=O) groups excluding carboxylic acids is 1. The average Bonchev–Trinajstić information content (AvgIpc) is 3.00. The van der Waals surface area contributed by atoms with Gasteiger partial charge in [0, 0.05) is 43.0 Å². The van der Waals surface area contributed by atoms with Crippen molar-refractivity contribution in [3.63, 3.8) is 0 Å². The number of hydrogen-bond donors (Lipinski definition) is 0. The van der Waals surface area contributed by atoms with Gasteiger partial charge in [0.2, 0.25) is 5.91 Å². The average molecular weight is 370 g/mol. The predicted molar refractivity (Wildman–Crippen MR) is 100 cm³/mol. The fraction of sp³-hybridized carbons (Fsp3) is 0.450. The van der Waals surface area contributed by atoms with Gasteiger partial charge in [-0.3, -0.25) is 14.6 Å². The lowest BCUT2D eigenvalue weighted by molar-refractivity contribution is -0.117. The van der Waals surface area contributed by atoms with Crippen LogP contribution in [-0.4, -0.2) is 60.2 Å². The molecule has 0 unspecified atom stereocenters. The number of amides is 1. The minimum Gasteiger partial charge on any atom is -0.379 e. The van der Waals surface area contributed by atoms with Crippen molar-refractivity contribution in [2.45, 2.75) is 19.8 Å². The summed E-state index contributed by atoms with van der Waals surface area (Å²) in [5.41, 5.74) is 2.45. The van der Waals surface area contributed by atoms with Crippen molar-refractivity contribution in [3.8, 4) is 11.4 Å². The third-order valence-corrected chi connectivity index (χ3v) is 5.14. The summed E-state index contributed by atoms with van der Waals surface area (Å²) in [7, 11) is 0. The van der Waals surface area contributed by atoms with Crippen LogP contribution in [0.5, 0.6) is 0 Å². The van der Waals surface area contributed by atoms with Gasteiger partial charge in [0.1, 0.15) is 11.6 Å². The molecule has 1 amide bonds. The molecule has 3 heterocycles. The van der Waals surface area contributed by atoms with Crippen molar-refractivity contribution in [1.82, 2.24) is 14.9 Å². The number of morpholine rings is 1. The quantitative estimate of drug-likeness (QED) is 0.808. The lowest BCUT2D eigenvalue weighted by Crippen LogP contribution is -2.38. The lowest BCUT2D eigenvalue weighted by atomic mass is 10.1. The molecular formula is C20H23FN4O2. The molecule has 27 heavy (non-hydrogen) atoms. The van der Waals surface area contributed by atoms with Crippen LogP contribution in [0.4, 0.5) is 10.2 Å². The molecule has 0 N–H and O–H groups in total. The van der Waals surface area contributed by atoms with E-state index in [4.69, 9.17) is 4.74 Å². The van der Waals surface area contributed by atoms with E-state index in [1.54, 1.807) is 17.0 Å². The minimum absolute atomic E-state index is 0.0700. The normalized spacial score (nSPS) is 17.4. The summed E-state index contributed by atoms with van der Waals surface area (Å²) < 4.78 is 18.6. The second-order valence-electron chi connectivity index (χ2n) is 6.97. The van der Waals surface area contributed by atoms with Crippen LogP contribution in [0, 0.1) is 12.7 Å². The highest BCUT2D eigenvalue weighted by molar-refractivity contribution is 6.00. The molecule has 1 aromatic carbocycles. The third-order valence-electron chi connectivity index (χ3n) is 5.14. The predicted octanol–water partition coefficient (Wildman–Crippen LogP) is 2.20. The summed E-state index contributed by atoms with van der Waals surface area (Å²) in [4.78, 5) is 25.9. The Bertz CT molecular complexity index is 835. The summed E-state index contributed by atoms with van der Waals surface area (Å²) in [6, 6.07) is 6.12. The standard InChI is InChI=1S/C20H23FN4O2/c1-14-17-13-18(26)25(8-2-7-24-9-11-27-12-10-24)20(17)23-19(22-14)15-3-5-16(21)6-4-15/h3-6H,2,7-13H2,1H3. The summed E-state index contributed by atoms with van der Waals surface area (Å²) in [5, 5.41) is 0. The molecule has 2 aromatic rings. The van der Waals surface area contributed by atoms with Crippen molar-refractivity contribution in [2.75, 3.05) is 44.3 Å². The maximum absolute atomic E-state index is 13.2. The maximum Gasteiger partial charge on any atom is 0.232 e. The van der Waals surface area contributed by atoms with Crippen molar-refractivity contribution < 1.29 is 13.9 Å². The number of nitrogens with zero attached hydrogens (tertiary/aromatic N) is 4. The first-order chi connectivity index (χ1) is 13.1. The Kier molecular flexibility index (Phi) is 5.13. The number of benzene rings is 1. The second-order valence-corrected chi connectivity index (χ2v) is 6.97. The molecule has 142 valence electrons. The van der Waals surface area contributed by atoms with E-state index in [-0.39, 0.29) is 11.7 Å². The molecular weight excluding hydrogens is 347 g/mol. The number of anilines is 1. The number of hydrogen-bond acceptors (Lipinski definition) is 5. The van der Waals surface area contributed by atoms with Crippen LogP contribution in [0.3, 0.4) is 0 Å². The van der Waals surface area contributed by atoms with Crippen molar-refractivity contribution in [2.24, 2.45) is 0 Å². The lowest BCUT2D eigenvalue weighted by Gasteiger charge is -2.27. The van der Waals surface area contributed by atoms with E-state index in [1.165, 1.54) is 12.1 Å². The summed E-state index contributed by atoms with van der Waals surface area (Å²) in [6.07, 6.45) is 1.24. The molecule has 1 fully saturated rings. The Morgan fingerprint density at radius 1 is 1.11 bits per heavy atom. The number of fused-ring (bicyclic) bond motifs is 1. The number of aromatic nitrogens is 2. The zero-order chi connectivity index (χ0) is 18.8. The number of aryl methyl sites for hydroxylation is 1. The molecule has 0 atom stereocenters. The fourth-order valence-electron chi connectivity index (χ4n) is 3.61. The summed E-state index contributed by atoms with van der Waals surface area (Å²) in [5.74, 6) is 1.00. The van der Waals surface area contributed by atoms with Gasteiger partial charge >= 0.3 is 0 Å². The molecule has 7 heteroatoms. The Morgan fingerprint density at radius 2 is 1.85 bits per heavy atom. The van der Waals surface area contributed by atoms with Crippen LogP contribution in [0.2, 0.25) is 0 Å². The van der Waals surface area contributed by atoms with E-state index in [0.717, 1.165) is 56.1 Å². The molecule has 4 rings (SSSR count). The van der Waals surface area contributed by atoms with E-state index < -0.39 is 0 Å². The van der Waals surface area contributed by atoms with Crippen LogP contribution in [-0.2, 0) is 16.0 Å². The van der Waals surface area contributed by atoms with Gasteiger partial charge in [-0.1, -0.05) is 0 Å². The van der Waals surface area contributed by atoms with Crippen LogP contribution in [0.1, 0.15) is 17.7 Å². The van der Waals surface area contributed by atoms with E-state index in [9.17, 15) is 9.18 Å². The first-order valence-corrected chi connectivity index (χ1v) is 9.36. The Morgan fingerprint density at radius 3 is 2.59 bits per heavy atom. The maximum atomic E-state index is 13.2. The summed E-state index contributed by atoms with van der Waals surface area (Å²) in [6.45, 7) is 6.93. The molecule has 0 spiro atoms. The second kappa shape index (κ2) is 7.70. The van der Waals surface area contributed by atoms with E-state index in [1.807, 2.05) is 6.92 Å². The molecule has 0 radical (unpaired) electrons. The number of carbonyl (C=O) groups is 1. The van der Waals surface area contributed by atoms with Gasteiger partial charge in [-0.05, 0) is 37.6 Å².